The number of aromatic nitrogens is 1. The van der Waals surface area contributed by atoms with Gasteiger partial charge in [-0.15, -0.1) is 11.3 Å². The fourth-order valence-electron chi connectivity index (χ4n) is 1.82. The van der Waals surface area contributed by atoms with Gasteiger partial charge < -0.3 is 5.32 Å². The van der Waals surface area contributed by atoms with Crippen molar-refractivity contribution < 1.29 is 4.39 Å². The molecule has 2 heterocycles. The van der Waals surface area contributed by atoms with Crippen LogP contribution in [0.1, 0.15) is 30.0 Å². The summed E-state index contributed by atoms with van der Waals surface area (Å²) in [6.45, 7) is 3.07. The summed E-state index contributed by atoms with van der Waals surface area (Å²) < 4.78 is 12.9. The van der Waals surface area contributed by atoms with Crippen molar-refractivity contribution in [1.82, 2.24) is 10.3 Å². The third-order valence-corrected chi connectivity index (χ3v) is 3.63. The van der Waals surface area contributed by atoms with E-state index in [4.69, 9.17) is 0 Å². The Morgan fingerprint density at radius 1 is 1.39 bits per heavy atom. The molecule has 4 heteroatoms. The van der Waals surface area contributed by atoms with Crippen LogP contribution in [-0.2, 0) is 6.42 Å². The molecule has 0 radical (unpaired) electrons. The molecule has 0 aromatic carbocycles. The molecule has 0 amide bonds. The van der Waals surface area contributed by atoms with Crippen LogP contribution in [0, 0.1) is 5.82 Å². The van der Waals surface area contributed by atoms with Gasteiger partial charge in [-0.2, -0.15) is 0 Å². The van der Waals surface area contributed by atoms with Gasteiger partial charge in [0, 0.05) is 11.3 Å². The van der Waals surface area contributed by atoms with Crippen molar-refractivity contribution in [2.24, 2.45) is 0 Å². The van der Waals surface area contributed by atoms with Crippen LogP contribution >= 0.6 is 11.3 Å². The Bertz CT molecular complexity index is 453. The second-order valence-corrected chi connectivity index (χ2v) is 5.22. The largest absolute Gasteiger partial charge is 0.308 e. The molecular formula is C14H17FN2S. The lowest BCUT2D eigenvalue weighted by molar-refractivity contribution is 0.517. The van der Waals surface area contributed by atoms with Crippen LogP contribution in [0.4, 0.5) is 4.39 Å². The van der Waals surface area contributed by atoms with E-state index in [0.29, 0.717) is 0 Å². The number of hydrogen-bond donors (Lipinski definition) is 1. The zero-order valence-corrected chi connectivity index (χ0v) is 11.2. The minimum Gasteiger partial charge on any atom is -0.308 e. The quantitative estimate of drug-likeness (QED) is 0.863. The minimum absolute atomic E-state index is 0.157. The van der Waals surface area contributed by atoms with Gasteiger partial charge in [0.2, 0.25) is 0 Å². The summed E-state index contributed by atoms with van der Waals surface area (Å²) in [7, 11) is 0. The van der Waals surface area contributed by atoms with Crippen LogP contribution in [0.25, 0.3) is 0 Å². The van der Waals surface area contributed by atoms with Crippen molar-refractivity contribution in [3.05, 3.63) is 52.2 Å². The van der Waals surface area contributed by atoms with E-state index in [-0.39, 0.29) is 11.9 Å². The SMILES string of the molecule is CCCNC(Cc1cccs1)c1ccc(F)cn1. The first-order valence-corrected chi connectivity index (χ1v) is 7.04. The predicted octanol–water partition coefficient (Wildman–Crippen LogP) is 3.57. The Kier molecular flexibility index (Phi) is 4.84. The molecule has 0 aliphatic rings. The highest BCUT2D eigenvalue weighted by Crippen LogP contribution is 2.20. The molecule has 0 aliphatic heterocycles. The van der Waals surface area contributed by atoms with Crippen LogP contribution in [0.5, 0.6) is 0 Å². The molecule has 2 aromatic rings. The first-order chi connectivity index (χ1) is 8.79. The van der Waals surface area contributed by atoms with Gasteiger partial charge in [0.1, 0.15) is 5.82 Å². The summed E-state index contributed by atoms with van der Waals surface area (Å²) in [6, 6.07) is 7.56. The second-order valence-electron chi connectivity index (χ2n) is 4.19. The Hall–Kier alpha value is -1.26. The summed E-state index contributed by atoms with van der Waals surface area (Å²) in [5.41, 5.74) is 0.901. The van der Waals surface area contributed by atoms with Gasteiger partial charge in [0.25, 0.3) is 0 Å². The molecule has 0 saturated carbocycles. The normalized spacial score (nSPS) is 12.6. The Balaban J connectivity index is 2.11. The molecule has 18 heavy (non-hydrogen) atoms. The molecule has 0 aliphatic carbocycles. The van der Waals surface area contributed by atoms with Crippen LogP contribution < -0.4 is 5.32 Å². The first-order valence-electron chi connectivity index (χ1n) is 6.17. The average molecular weight is 264 g/mol. The molecule has 2 nitrogen and oxygen atoms in total. The molecule has 1 unspecified atom stereocenters. The van der Waals surface area contributed by atoms with Gasteiger partial charge in [-0.1, -0.05) is 13.0 Å². The van der Waals surface area contributed by atoms with E-state index in [9.17, 15) is 4.39 Å². The Labute approximate surface area is 111 Å². The summed E-state index contributed by atoms with van der Waals surface area (Å²) >= 11 is 1.74. The number of pyridine rings is 1. The Morgan fingerprint density at radius 3 is 2.89 bits per heavy atom. The minimum atomic E-state index is -0.288. The van der Waals surface area contributed by atoms with Crippen LogP contribution in [-0.4, -0.2) is 11.5 Å². The summed E-state index contributed by atoms with van der Waals surface area (Å²) in [4.78, 5) is 5.49. The molecule has 0 fully saturated rings. The van der Waals surface area contributed by atoms with Crippen molar-refractivity contribution >= 4 is 11.3 Å². The zero-order chi connectivity index (χ0) is 12.8. The number of thiophene rings is 1. The number of nitrogens with zero attached hydrogens (tertiary/aromatic N) is 1. The highest BCUT2D eigenvalue weighted by Gasteiger charge is 2.13. The number of rotatable bonds is 6. The molecule has 2 aromatic heterocycles. The molecule has 0 bridgehead atoms. The Morgan fingerprint density at radius 2 is 2.28 bits per heavy atom. The average Bonchev–Trinajstić information content (AvgIpc) is 2.88. The van der Waals surface area contributed by atoms with Crippen molar-refractivity contribution in [1.29, 1.82) is 0 Å². The van der Waals surface area contributed by atoms with E-state index >= 15 is 0 Å². The van der Waals surface area contributed by atoms with E-state index in [1.165, 1.54) is 17.1 Å². The maximum Gasteiger partial charge on any atom is 0.141 e. The molecule has 1 atom stereocenters. The molecule has 96 valence electrons. The second kappa shape index (κ2) is 6.61. The molecule has 1 N–H and O–H groups in total. The van der Waals surface area contributed by atoms with Crippen LogP contribution in [0.2, 0.25) is 0 Å². The summed E-state index contributed by atoms with van der Waals surface area (Å²) in [6.07, 6.45) is 3.25. The van der Waals surface area contributed by atoms with Crippen molar-refractivity contribution in [2.45, 2.75) is 25.8 Å². The standard InChI is InChI=1S/C14H17FN2S/c1-2-7-16-14(9-12-4-3-8-18-12)13-6-5-11(15)10-17-13/h3-6,8,10,14,16H,2,7,9H2,1H3. The number of hydrogen-bond acceptors (Lipinski definition) is 3. The fraction of sp³-hybridized carbons (Fsp3) is 0.357. The molecule has 2 rings (SSSR count). The van der Waals surface area contributed by atoms with Crippen LogP contribution in [0.15, 0.2) is 35.8 Å². The van der Waals surface area contributed by atoms with Gasteiger partial charge in [0.15, 0.2) is 0 Å². The van der Waals surface area contributed by atoms with Gasteiger partial charge in [0.05, 0.1) is 17.9 Å². The van der Waals surface area contributed by atoms with Crippen molar-refractivity contribution in [3.8, 4) is 0 Å². The lowest BCUT2D eigenvalue weighted by Gasteiger charge is -2.17. The van der Waals surface area contributed by atoms with E-state index in [2.05, 4.69) is 34.7 Å². The topological polar surface area (TPSA) is 24.9 Å². The smallest absolute Gasteiger partial charge is 0.141 e. The third kappa shape index (κ3) is 3.62. The van der Waals surface area contributed by atoms with E-state index in [1.807, 2.05) is 0 Å². The monoisotopic (exact) mass is 264 g/mol. The van der Waals surface area contributed by atoms with E-state index in [1.54, 1.807) is 17.4 Å². The van der Waals surface area contributed by atoms with E-state index in [0.717, 1.165) is 25.1 Å². The molecule has 0 saturated heterocycles. The van der Waals surface area contributed by atoms with Crippen molar-refractivity contribution in [3.63, 3.8) is 0 Å². The lowest BCUT2D eigenvalue weighted by atomic mass is 10.1. The van der Waals surface area contributed by atoms with Gasteiger partial charge in [-0.25, -0.2) is 4.39 Å². The zero-order valence-electron chi connectivity index (χ0n) is 10.4. The van der Waals surface area contributed by atoms with E-state index < -0.39 is 0 Å². The maximum atomic E-state index is 12.9. The number of nitrogens with one attached hydrogen (secondary N) is 1. The maximum absolute atomic E-state index is 12.9. The lowest BCUT2D eigenvalue weighted by Crippen LogP contribution is -2.24. The highest BCUT2D eigenvalue weighted by molar-refractivity contribution is 7.09. The molecular weight excluding hydrogens is 247 g/mol. The fourth-order valence-corrected chi connectivity index (χ4v) is 2.58. The predicted molar refractivity (Wildman–Crippen MR) is 73.3 cm³/mol. The number of halogens is 1. The third-order valence-electron chi connectivity index (χ3n) is 2.73. The summed E-state index contributed by atoms with van der Waals surface area (Å²) in [5, 5.41) is 5.54. The summed E-state index contributed by atoms with van der Waals surface area (Å²) in [5.74, 6) is -0.288. The molecule has 0 spiro atoms. The first kappa shape index (κ1) is 13.2. The van der Waals surface area contributed by atoms with Crippen molar-refractivity contribution in [2.75, 3.05) is 6.54 Å². The van der Waals surface area contributed by atoms with Gasteiger partial charge >= 0.3 is 0 Å². The highest BCUT2D eigenvalue weighted by atomic mass is 32.1. The van der Waals surface area contributed by atoms with Gasteiger partial charge in [-0.3, -0.25) is 4.98 Å². The van der Waals surface area contributed by atoms with Gasteiger partial charge in [-0.05, 0) is 36.5 Å². The van der Waals surface area contributed by atoms with Crippen LogP contribution in [0.3, 0.4) is 0 Å².